The summed E-state index contributed by atoms with van der Waals surface area (Å²) < 4.78 is 24.4. The number of fused-ring (bicyclic) bond motifs is 2. The fourth-order valence-corrected chi connectivity index (χ4v) is 4.40. The van der Waals surface area contributed by atoms with E-state index in [9.17, 15) is 4.79 Å². The van der Waals surface area contributed by atoms with Gasteiger partial charge >= 0.3 is 5.76 Å². The Balaban J connectivity index is 1.15. The molecule has 1 saturated heterocycles. The zero-order valence-electron chi connectivity index (χ0n) is 20.1. The number of morpholine rings is 1. The fourth-order valence-electron chi connectivity index (χ4n) is 4.40. The van der Waals surface area contributed by atoms with E-state index in [1.54, 1.807) is 10.8 Å². The smallest absolute Gasteiger partial charge is 0.420 e. The highest BCUT2D eigenvalue weighted by atomic mass is 16.5. The Morgan fingerprint density at radius 2 is 1.86 bits per heavy atom. The monoisotopic (exact) mass is 477 g/mol. The zero-order valence-corrected chi connectivity index (χ0v) is 20.1. The third-order valence-electron chi connectivity index (χ3n) is 6.31. The van der Waals surface area contributed by atoms with Gasteiger partial charge in [0, 0.05) is 30.7 Å². The van der Waals surface area contributed by atoms with Crippen LogP contribution in [0.2, 0.25) is 0 Å². The summed E-state index contributed by atoms with van der Waals surface area (Å²) in [7, 11) is 0. The molecule has 0 unspecified atom stereocenters. The van der Waals surface area contributed by atoms with E-state index in [-0.39, 0.29) is 5.76 Å². The number of oxazole rings is 1. The van der Waals surface area contributed by atoms with Crippen molar-refractivity contribution in [2.75, 3.05) is 46.1 Å². The number of ether oxygens (including phenoxy) is 3. The van der Waals surface area contributed by atoms with Gasteiger partial charge in [-0.25, -0.2) is 4.79 Å². The highest BCUT2D eigenvalue weighted by Gasteiger charge is 2.11. The molecule has 3 heterocycles. The van der Waals surface area contributed by atoms with E-state index in [0.717, 1.165) is 79.2 Å². The minimum Gasteiger partial charge on any atom is -0.494 e. The minimum atomic E-state index is -0.375. The SMILES string of the molecule is Cc1ccc2c(c1)oc(=O)n2CCOc1ccnc2cc(OCCCCN3CCOCC3)ccc12. The van der Waals surface area contributed by atoms with Crippen LogP contribution in [0.5, 0.6) is 11.5 Å². The number of aromatic nitrogens is 2. The van der Waals surface area contributed by atoms with Crippen LogP contribution in [0, 0.1) is 6.92 Å². The van der Waals surface area contributed by atoms with Crippen LogP contribution in [0.4, 0.5) is 0 Å². The van der Waals surface area contributed by atoms with E-state index in [1.807, 2.05) is 49.4 Å². The summed E-state index contributed by atoms with van der Waals surface area (Å²) in [4.78, 5) is 19.2. The van der Waals surface area contributed by atoms with Crippen LogP contribution in [0.15, 0.2) is 57.9 Å². The number of unbranched alkanes of at least 4 members (excludes halogenated alkanes) is 1. The van der Waals surface area contributed by atoms with Gasteiger partial charge in [-0.2, -0.15) is 0 Å². The number of aryl methyl sites for hydroxylation is 1. The van der Waals surface area contributed by atoms with Crippen LogP contribution in [-0.4, -0.2) is 60.5 Å². The van der Waals surface area contributed by atoms with Crippen molar-refractivity contribution in [3.8, 4) is 11.5 Å². The third kappa shape index (κ3) is 5.66. The second-order valence-corrected chi connectivity index (χ2v) is 8.84. The van der Waals surface area contributed by atoms with Crippen molar-refractivity contribution in [3.63, 3.8) is 0 Å². The molecule has 35 heavy (non-hydrogen) atoms. The lowest BCUT2D eigenvalue weighted by Gasteiger charge is -2.26. The van der Waals surface area contributed by atoms with Crippen molar-refractivity contribution < 1.29 is 18.6 Å². The summed E-state index contributed by atoms with van der Waals surface area (Å²) >= 11 is 0. The van der Waals surface area contributed by atoms with Crippen molar-refractivity contribution in [2.45, 2.75) is 26.3 Å². The molecule has 0 saturated carbocycles. The van der Waals surface area contributed by atoms with Crippen molar-refractivity contribution >= 4 is 22.0 Å². The molecule has 184 valence electrons. The Morgan fingerprint density at radius 3 is 2.74 bits per heavy atom. The molecular weight excluding hydrogens is 446 g/mol. The molecule has 2 aromatic heterocycles. The molecule has 0 N–H and O–H groups in total. The molecular formula is C27H31N3O5. The Bertz CT molecular complexity index is 1340. The van der Waals surface area contributed by atoms with Crippen LogP contribution in [-0.2, 0) is 11.3 Å². The Hall–Kier alpha value is -3.36. The Labute approximate surface area is 204 Å². The van der Waals surface area contributed by atoms with Crippen LogP contribution in [0.1, 0.15) is 18.4 Å². The fraction of sp³-hybridized carbons (Fsp3) is 0.407. The molecule has 1 fully saturated rings. The molecule has 0 radical (unpaired) electrons. The van der Waals surface area contributed by atoms with Gasteiger partial charge in [-0.05, 0) is 62.2 Å². The molecule has 5 rings (SSSR count). The summed E-state index contributed by atoms with van der Waals surface area (Å²) in [5.41, 5.74) is 3.23. The van der Waals surface area contributed by atoms with Crippen LogP contribution in [0.3, 0.4) is 0 Å². The van der Waals surface area contributed by atoms with E-state index in [0.29, 0.717) is 25.3 Å². The maximum Gasteiger partial charge on any atom is 0.420 e. The normalized spacial score (nSPS) is 14.5. The number of rotatable bonds is 10. The second-order valence-electron chi connectivity index (χ2n) is 8.84. The molecule has 0 bridgehead atoms. The average molecular weight is 478 g/mol. The van der Waals surface area contributed by atoms with Gasteiger partial charge < -0.3 is 18.6 Å². The van der Waals surface area contributed by atoms with Crippen molar-refractivity contribution in [1.29, 1.82) is 0 Å². The lowest BCUT2D eigenvalue weighted by atomic mass is 10.2. The third-order valence-corrected chi connectivity index (χ3v) is 6.31. The van der Waals surface area contributed by atoms with Gasteiger partial charge in [0.25, 0.3) is 0 Å². The predicted molar refractivity (Wildman–Crippen MR) is 134 cm³/mol. The maximum absolute atomic E-state index is 12.3. The van der Waals surface area contributed by atoms with Gasteiger partial charge in [-0.1, -0.05) is 6.07 Å². The lowest BCUT2D eigenvalue weighted by molar-refractivity contribution is 0.0368. The number of pyridine rings is 1. The van der Waals surface area contributed by atoms with Gasteiger partial charge in [0.15, 0.2) is 5.58 Å². The lowest BCUT2D eigenvalue weighted by Crippen LogP contribution is -2.36. The summed E-state index contributed by atoms with van der Waals surface area (Å²) in [5, 5.41) is 0.909. The molecule has 0 aliphatic carbocycles. The van der Waals surface area contributed by atoms with E-state index in [2.05, 4.69) is 9.88 Å². The first-order valence-electron chi connectivity index (χ1n) is 12.2. The average Bonchev–Trinajstić information content (AvgIpc) is 3.18. The molecule has 2 aromatic carbocycles. The first kappa shape index (κ1) is 23.4. The molecule has 1 aliphatic rings. The number of nitrogens with zero attached hydrogens (tertiary/aromatic N) is 3. The summed E-state index contributed by atoms with van der Waals surface area (Å²) in [6.45, 7) is 8.19. The maximum atomic E-state index is 12.3. The van der Waals surface area contributed by atoms with Gasteiger partial charge in [-0.15, -0.1) is 0 Å². The van der Waals surface area contributed by atoms with Crippen LogP contribution >= 0.6 is 0 Å². The quantitative estimate of drug-likeness (QED) is 0.319. The molecule has 0 atom stereocenters. The number of hydrogen-bond acceptors (Lipinski definition) is 7. The summed E-state index contributed by atoms with van der Waals surface area (Å²) in [6.07, 6.45) is 3.85. The second kappa shape index (κ2) is 10.9. The molecule has 0 amide bonds. The molecule has 8 nitrogen and oxygen atoms in total. The standard InChI is InChI=1S/C27H31N3O5/c1-20-4-7-24-26(18-20)35-27(31)30(24)13-17-34-25-8-9-28-23-19-21(5-6-22(23)25)33-14-3-2-10-29-11-15-32-16-12-29/h4-9,18-19H,2-3,10-17H2,1H3. The predicted octanol–water partition coefficient (Wildman–Crippen LogP) is 4.02. The van der Waals surface area contributed by atoms with E-state index in [1.165, 1.54) is 0 Å². The summed E-state index contributed by atoms with van der Waals surface area (Å²) in [5.74, 6) is 1.16. The molecule has 8 heteroatoms. The number of hydrogen-bond donors (Lipinski definition) is 0. The van der Waals surface area contributed by atoms with Gasteiger partial charge in [-0.3, -0.25) is 14.5 Å². The molecule has 1 aliphatic heterocycles. The topological polar surface area (TPSA) is 79.0 Å². The van der Waals surface area contributed by atoms with Gasteiger partial charge in [0.1, 0.15) is 18.1 Å². The van der Waals surface area contributed by atoms with E-state index in [4.69, 9.17) is 18.6 Å². The Morgan fingerprint density at radius 1 is 0.971 bits per heavy atom. The van der Waals surface area contributed by atoms with Crippen molar-refractivity contribution in [3.05, 3.63) is 64.8 Å². The zero-order chi connectivity index (χ0) is 24.0. The first-order chi connectivity index (χ1) is 17.2. The van der Waals surface area contributed by atoms with Crippen LogP contribution < -0.4 is 15.2 Å². The largest absolute Gasteiger partial charge is 0.494 e. The number of benzene rings is 2. The van der Waals surface area contributed by atoms with Gasteiger partial charge in [0.05, 0.1) is 37.4 Å². The van der Waals surface area contributed by atoms with Crippen molar-refractivity contribution in [1.82, 2.24) is 14.5 Å². The first-order valence-corrected chi connectivity index (χ1v) is 12.2. The summed E-state index contributed by atoms with van der Waals surface area (Å²) in [6, 6.07) is 13.5. The van der Waals surface area contributed by atoms with Gasteiger partial charge in [0.2, 0.25) is 0 Å². The van der Waals surface area contributed by atoms with E-state index >= 15 is 0 Å². The highest BCUT2D eigenvalue weighted by Crippen LogP contribution is 2.27. The van der Waals surface area contributed by atoms with Crippen LogP contribution in [0.25, 0.3) is 22.0 Å². The molecule has 4 aromatic rings. The van der Waals surface area contributed by atoms with Crippen molar-refractivity contribution in [2.24, 2.45) is 0 Å². The molecule has 0 spiro atoms. The van der Waals surface area contributed by atoms with E-state index < -0.39 is 0 Å². The Kier molecular flexibility index (Phi) is 7.30. The minimum absolute atomic E-state index is 0.336. The highest BCUT2D eigenvalue weighted by molar-refractivity contribution is 5.86.